The van der Waals surface area contributed by atoms with Crippen LogP contribution in [0.25, 0.3) is 11.7 Å². The average Bonchev–Trinajstić information content (AvgIpc) is 3.16. The molecule has 0 unspecified atom stereocenters. The Labute approximate surface area is 127 Å². The predicted octanol–water partition coefficient (Wildman–Crippen LogP) is 2.72. The number of hydrogen-bond acceptors (Lipinski definition) is 6. The van der Waals surface area contributed by atoms with Crippen molar-refractivity contribution < 1.29 is 13.7 Å². The van der Waals surface area contributed by atoms with Gasteiger partial charge in [0.25, 0.3) is 5.89 Å². The summed E-state index contributed by atoms with van der Waals surface area (Å²) in [5, 5.41) is 4.02. The summed E-state index contributed by atoms with van der Waals surface area (Å²) in [5.41, 5.74) is 1.18. The summed E-state index contributed by atoms with van der Waals surface area (Å²) < 4.78 is 16.3. The minimum absolute atomic E-state index is 0.409. The van der Waals surface area contributed by atoms with E-state index in [1.165, 1.54) is 5.56 Å². The van der Waals surface area contributed by atoms with Crippen LogP contribution in [-0.2, 0) is 13.1 Å². The van der Waals surface area contributed by atoms with Gasteiger partial charge in [-0.25, -0.2) is 0 Å². The lowest BCUT2D eigenvalue weighted by Gasteiger charge is -2.16. The van der Waals surface area contributed by atoms with Gasteiger partial charge in [0.15, 0.2) is 11.6 Å². The van der Waals surface area contributed by atoms with Crippen molar-refractivity contribution in [2.75, 3.05) is 13.2 Å². The van der Waals surface area contributed by atoms with E-state index < -0.39 is 0 Å². The number of benzene rings is 1. The van der Waals surface area contributed by atoms with E-state index in [1.807, 2.05) is 18.2 Å². The fraction of sp³-hybridized carbons (Fsp3) is 0.250. The summed E-state index contributed by atoms with van der Waals surface area (Å²) in [5.74, 6) is 2.59. The standard InChI is InChI=1S/C16H15N3O3/c1-2-5-13-12(4-1)10-19(7-9-21-13)11-15-17-16(22-18-15)14-6-3-8-20-14/h1-6,8H,7,9-11H2. The molecule has 3 heterocycles. The number of hydrogen-bond donors (Lipinski definition) is 0. The Morgan fingerprint density at radius 3 is 3.00 bits per heavy atom. The Bertz CT molecular complexity index is 752. The van der Waals surface area contributed by atoms with Crippen LogP contribution in [0.2, 0.25) is 0 Å². The van der Waals surface area contributed by atoms with Crippen molar-refractivity contribution in [3.63, 3.8) is 0 Å². The van der Waals surface area contributed by atoms with E-state index in [4.69, 9.17) is 13.7 Å². The van der Waals surface area contributed by atoms with E-state index in [2.05, 4.69) is 21.1 Å². The normalized spacial score (nSPS) is 15.1. The minimum Gasteiger partial charge on any atom is -0.492 e. The maximum Gasteiger partial charge on any atom is 0.293 e. The molecule has 0 aliphatic carbocycles. The van der Waals surface area contributed by atoms with Gasteiger partial charge in [-0.1, -0.05) is 23.4 Å². The van der Waals surface area contributed by atoms with E-state index >= 15 is 0 Å². The van der Waals surface area contributed by atoms with Gasteiger partial charge < -0.3 is 13.7 Å². The van der Waals surface area contributed by atoms with Gasteiger partial charge in [0.1, 0.15) is 12.4 Å². The fourth-order valence-corrected chi connectivity index (χ4v) is 2.53. The predicted molar refractivity (Wildman–Crippen MR) is 78.1 cm³/mol. The first-order chi connectivity index (χ1) is 10.9. The molecule has 6 nitrogen and oxygen atoms in total. The lowest BCUT2D eigenvalue weighted by atomic mass is 10.2. The van der Waals surface area contributed by atoms with Crippen LogP contribution in [0.1, 0.15) is 11.4 Å². The van der Waals surface area contributed by atoms with Gasteiger partial charge in [0, 0.05) is 18.7 Å². The molecule has 1 aliphatic heterocycles. The number of para-hydroxylation sites is 1. The van der Waals surface area contributed by atoms with Crippen molar-refractivity contribution in [1.82, 2.24) is 15.0 Å². The second kappa shape index (κ2) is 5.65. The Hall–Kier alpha value is -2.60. The summed E-state index contributed by atoms with van der Waals surface area (Å²) in [4.78, 5) is 6.62. The highest BCUT2D eigenvalue weighted by Crippen LogP contribution is 2.23. The maximum absolute atomic E-state index is 5.76. The molecular weight excluding hydrogens is 282 g/mol. The molecule has 0 fully saturated rings. The van der Waals surface area contributed by atoms with Crippen LogP contribution in [0, 0.1) is 0 Å². The van der Waals surface area contributed by atoms with Crippen LogP contribution >= 0.6 is 0 Å². The second-order valence-electron chi connectivity index (χ2n) is 5.16. The topological polar surface area (TPSA) is 64.5 Å². The van der Waals surface area contributed by atoms with E-state index in [0.717, 1.165) is 18.8 Å². The van der Waals surface area contributed by atoms with Crippen molar-refractivity contribution in [3.8, 4) is 17.4 Å². The first-order valence-electron chi connectivity index (χ1n) is 7.18. The number of aromatic nitrogens is 2. The molecule has 1 aliphatic rings. The van der Waals surface area contributed by atoms with Crippen molar-refractivity contribution in [2.45, 2.75) is 13.1 Å². The third-order valence-corrected chi connectivity index (χ3v) is 3.60. The van der Waals surface area contributed by atoms with Crippen LogP contribution in [0.3, 0.4) is 0 Å². The largest absolute Gasteiger partial charge is 0.492 e. The molecule has 0 saturated carbocycles. The van der Waals surface area contributed by atoms with Gasteiger partial charge in [0.2, 0.25) is 0 Å². The van der Waals surface area contributed by atoms with Crippen LogP contribution < -0.4 is 4.74 Å². The summed E-state index contributed by atoms with van der Waals surface area (Å²) in [7, 11) is 0. The van der Waals surface area contributed by atoms with Gasteiger partial charge in [0.05, 0.1) is 12.8 Å². The number of nitrogens with zero attached hydrogens (tertiary/aromatic N) is 3. The monoisotopic (exact) mass is 297 g/mol. The second-order valence-corrected chi connectivity index (χ2v) is 5.16. The molecule has 0 saturated heterocycles. The first-order valence-corrected chi connectivity index (χ1v) is 7.18. The molecule has 4 rings (SSSR count). The molecule has 0 amide bonds. The lowest BCUT2D eigenvalue weighted by molar-refractivity contribution is 0.213. The van der Waals surface area contributed by atoms with Gasteiger partial charge in [-0.15, -0.1) is 0 Å². The fourth-order valence-electron chi connectivity index (χ4n) is 2.53. The van der Waals surface area contributed by atoms with Gasteiger partial charge in [-0.2, -0.15) is 4.98 Å². The van der Waals surface area contributed by atoms with Gasteiger partial charge >= 0.3 is 0 Å². The minimum atomic E-state index is 0.409. The molecule has 0 radical (unpaired) electrons. The first kappa shape index (κ1) is 13.1. The van der Waals surface area contributed by atoms with Crippen LogP contribution in [0.4, 0.5) is 0 Å². The maximum atomic E-state index is 5.76. The third kappa shape index (κ3) is 2.60. The summed E-state index contributed by atoms with van der Waals surface area (Å²) >= 11 is 0. The van der Waals surface area contributed by atoms with Crippen molar-refractivity contribution in [2.24, 2.45) is 0 Å². The van der Waals surface area contributed by atoms with Gasteiger partial charge in [-0.3, -0.25) is 4.90 Å². The zero-order chi connectivity index (χ0) is 14.8. The van der Waals surface area contributed by atoms with Crippen LogP contribution in [-0.4, -0.2) is 28.2 Å². The van der Waals surface area contributed by atoms with Crippen LogP contribution in [0.15, 0.2) is 51.6 Å². The quantitative estimate of drug-likeness (QED) is 0.740. The average molecular weight is 297 g/mol. The van der Waals surface area contributed by atoms with E-state index in [9.17, 15) is 0 Å². The van der Waals surface area contributed by atoms with Gasteiger partial charge in [-0.05, 0) is 18.2 Å². The van der Waals surface area contributed by atoms with Crippen molar-refractivity contribution in [3.05, 3.63) is 54.0 Å². The SMILES string of the molecule is c1coc(-c2nc(CN3CCOc4ccccc4C3)no2)c1. The molecule has 6 heteroatoms. The highest BCUT2D eigenvalue weighted by molar-refractivity contribution is 5.42. The third-order valence-electron chi connectivity index (χ3n) is 3.60. The molecule has 0 spiro atoms. The molecule has 112 valence electrons. The Morgan fingerprint density at radius 2 is 2.09 bits per heavy atom. The van der Waals surface area contributed by atoms with Crippen LogP contribution in [0.5, 0.6) is 5.75 Å². The number of rotatable bonds is 3. The van der Waals surface area contributed by atoms with Crippen molar-refractivity contribution >= 4 is 0 Å². The summed E-state index contributed by atoms with van der Waals surface area (Å²) in [6.45, 7) is 2.89. The molecule has 0 atom stereocenters. The molecule has 3 aromatic rings. The highest BCUT2D eigenvalue weighted by atomic mass is 16.5. The Kier molecular flexibility index (Phi) is 3.36. The Balaban J connectivity index is 1.50. The van der Waals surface area contributed by atoms with E-state index in [0.29, 0.717) is 30.6 Å². The lowest BCUT2D eigenvalue weighted by Crippen LogP contribution is -2.25. The van der Waals surface area contributed by atoms with E-state index in [1.54, 1.807) is 18.4 Å². The van der Waals surface area contributed by atoms with Crippen molar-refractivity contribution in [1.29, 1.82) is 0 Å². The summed E-state index contributed by atoms with van der Waals surface area (Å²) in [6, 6.07) is 11.7. The zero-order valence-corrected chi connectivity index (χ0v) is 11.9. The molecule has 0 bridgehead atoms. The number of fused-ring (bicyclic) bond motifs is 1. The molecular formula is C16H15N3O3. The smallest absolute Gasteiger partial charge is 0.293 e. The Morgan fingerprint density at radius 1 is 1.14 bits per heavy atom. The highest BCUT2D eigenvalue weighted by Gasteiger charge is 2.18. The zero-order valence-electron chi connectivity index (χ0n) is 11.9. The number of ether oxygens (including phenoxy) is 1. The molecule has 1 aromatic carbocycles. The molecule has 22 heavy (non-hydrogen) atoms. The number of furan rings is 1. The summed E-state index contributed by atoms with van der Waals surface area (Å²) in [6.07, 6.45) is 1.59. The van der Waals surface area contributed by atoms with E-state index in [-0.39, 0.29) is 0 Å². The molecule has 0 N–H and O–H groups in total. The molecule has 2 aromatic heterocycles.